The minimum atomic E-state index is 0.779. The molecule has 0 aliphatic carbocycles. The van der Waals surface area contributed by atoms with Crippen molar-refractivity contribution in [2.24, 2.45) is 11.8 Å². The number of halogens is 1. The highest BCUT2D eigenvalue weighted by atomic mass is 79.9. The van der Waals surface area contributed by atoms with Gasteiger partial charge in [-0.2, -0.15) is 0 Å². The highest BCUT2D eigenvalue weighted by Crippen LogP contribution is 2.18. The molecule has 1 fully saturated rings. The zero-order valence-electron chi connectivity index (χ0n) is 10.0. The number of hydrogen-bond acceptors (Lipinski definition) is 2. The van der Waals surface area contributed by atoms with E-state index in [-0.39, 0.29) is 0 Å². The Balaban J connectivity index is 2.08. The number of methoxy groups -OCH3 is 1. The first-order chi connectivity index (χ1) is 7.26. The van der Waals surface area contributed by atoms with Crippen LogP contribution in [0, 0.1) is 11.8 Å². The van der Waals surface area contributed by atoms with Crippen molar-refractivity contribution in [2.75, 3.05) is 38.7 Å². The van der Waals surface area contributed by atoms with Crippen LogP contribution in [0.15, 0.2) is 0 Å². The number of alkyl halides is 1. The highest BCUT2D eigenvalue weighted by molar-refractivity contribution is 9.09. The fraction of sp³-hybridized carbons (Fsp3) is 1.00. The third kappa shape index (κ3) is 5.32. The summed E-state index contributed by atoms with van der Waals surface area (Å²) in [4.78, 5) is 2.59. The van der Waals surface area contributed by atoms with Crippen molar-refractivity contribution in [2.45, 2.75) is 26.2 Å². The van der Waals surface area contributed by atoms with Crippen molar-refractivity contribution in [1.82, 2.24) is 4.90 Å². The maximum atomic E-state index is 5.21. The summed E-state index contributed by atoms with van der Waals surface area (Å²) < 4.78 is 5.21. The van der Waals surface area contributed by atoms with E-state index in [9.17, 15) is 0 Å². The summed E-state index contributed by atoms with van der Waals surface area (Å²) in [6.45, 7) is 7.08. The van der Waals surface area contributed by atoms with Crippen molar-refractivity contribution in [3.63, 3.8) is 0 Å². The second kappa shape index (κ2) is 7.64. The predicted octanol–water partition coefficient (Wildman–Crippen LogP) is 2.77. The molecule has 0 aromatic heterocycles. The fourth-order valence-corrected chi connectivity index (χ4v) is 3.00. The van der Waals surface area contributed by atoms with E-state index in [2.05, 4.69) is 27.8 Å². The lowest BCUT2D eigenvalue weighted by atomic mass is 10.1. The molecule has 0 radical (unpaired) electrons. The van der Waals surface area contributed by atoms with Gasteiger partial charge in [0.2, 0.25) is 0 Å². The van der Waals surface area contributed by atoms with E-state index in [0.717, 1.165) is 23.8 Å². The van der Waals surface area contributed by atoms with E-state index in [1.165, 1.54) is 38.9 Å². The first kappa shape index (κ1) is 13.5. The fourth-order valence-electron chi connectivity index (χ4n) is 2.22. The Morgan fingerprint density at radius 2 is 2.27 bits per heavy atom. The molecule has 15 heavy (non-hydrogen) atoms. The monoisotopic (exact) mass is 277 g/mol. The van der Waals surface area contributed by atoms with Crippen LogP contribution in [0.25, 0.3) is 0 Å². The summed E-state index contributed by atoms with van der Waals surface area (Å²) in [6, 6.07) is 0. The van der Waals surface area contributed by atoms with E-state index in [4.69, 9.17) is 4.74 Å². The van der Waals surface area contributed by atoms with Crippen LogP contribution in [-0.2, 0) is 4.74 Å². The summed E-state index contributed by atoms with van der Waals surface area (Å²) in [5, 5.41) is 1.14. The molecule has 0 bridgehead atoms. The average Bonchev–Trinajstić information content (AvgIpc) is 2.64. The largest absolute Gasteiger partial charge is 0.384 e. The van der Waals surface area contributed by atoms with Crippen molar-refractivity contribution in [3.05, 3.63) is 0 Å². The maximum absolute atomic E-state index is 5.21. The van der Waals surface area contributed by atoms with Crippen LogP contribution < -0.4 is 0 Å². The van der Waals surface area contributed by atoms with Gasteiger partial charge in [-0.3, -0.25) is 0 Å². The third-order valence-electron chi connectivity index (χ3n) is 3.31. The summed E-state index contributed by atoms with van der Waals surface area (Å²) in [5.41, 5.74) is 0. The standard InChI is InChI=1S/C12H24BrNO/c1-11(3-6-13)4-7-14-8-5-12(9-14)10-15-2/h11-12H,3-10H2,1-2H3. The van der Waals surface area contributed by atoms with Crippen molar-refractivity contribution < 1.29 is 4.74 Å². The zero-order valence-corrected chi connectivity index (χ0v) is 11.6. The molecule has 90 valence electrons. The molecular weight excluding hydrogens is 254 g/mol. The molecule has 3 heteroatoms. The first-order valence-corrected chi connectivity index (χ1v) is 7.15. The number of rotatable bonds is 7. The zero-order chi connectivity index (χ0) is 11.1. The van der Waals surface area contributed by atoms with Gasteiger partial charge in [-0.05, 0) is 44.2 Å². The normalized spacial score (nSPS) is 24.6. The summed E-state index contributed by atoms with van der Waals surface area (Å²) in [6.07, 6.45) is 3.96. The van der Waals surface area contributed by atoms with Crippen LogP contribution >= 0.6 is 15.9 Å². The van der Waals surface area contributed by atoms with Gasteiger partial charge in [0, 0.05) is 19.0 Å². The quantitative estimate of drug-likeness (QED) is 0.664. The van der Waals surface area contributed by atoms with Crippen LogP contribution in [0.4, 0.5) is 0 Å². The van der Waals surface area contributed by atoms with Gasteiger partial charge in [0.1, 0.15) is 0 Å². The Kier molecular flexibility index (Phi) is 6.86. The maximum Gasteiger partial charge on any atom is 0.0503 e. The van der Waals surface area contributed by atoms with E-state index < -0.39 is 0 Å². The molecule has 0 spiro atoms. The Hall–Kier alpha value is 0.400. The molecule has 1 rings (SSSR count). The van der Waals surface area contributed by atoms with Crippen LogP contribution in [0.2, 0.25) is 0 Å². The summed E-state index contributed by atoms with van der Waals surface area (Å²) in [7, 11) is 1.81. The first-order valence-electron chi connectivity index (χ1n) is 6.03. The average molecular weight is 278 g/mol. The topological polar surface area (TPSA) is 12.5 Å². The SMILES string of the molecule is COCC1CCN(CCC(C)CCBr)C1. The Morgan fingerprint density at radius 1 is 1.47 bits per heavy atom. The third-order valence-corrected chi connectivity index (χ3v) is 3.77. The number of nitrogens with zero attached hydrogens (tertiary/aromatic N) is 1. The number of hydrogen-bond donors (Lipinski definition) is 0. The van der Waals surface area contributed by atoms with Crippen molar-refractivity contribution in [1.29, 1.82) is 0 Å². The lowest BCUT2D eigenvalue weighted by molar-refractivity contribution is 0.152. The molecule has 1 aliphatic rings. The van der Waals surface area contributed by atoms with E-state index >= 15 is 0 Å². The van der Waals surface area contributed by atoms with Gasteiger partial charge in [-0.15, -0.1) is 0 Å². The number of ether oxygens (including phenoxy) is 1. The van der Waals surface area contributed by atoms with Crippen LogP contribution in [0.5, 0.6) is 0 Å². The second-order valence-corrected chi connectivity index (χ2v) is 5.58. The lowest BCUT2D eigenvalue weighted by Crippen LogP contribution is -2.24. The Bertz CT molecular complexity index is 166. The molecule has 2 unspecified atom stereocenters. The smallest absolute Gasteiger partial charge is 0.0503 e. The molecule has 0 aromatic rings. The van der Waals surface area contributed by atoms with Gasteiger partial charge < -0.3 is 9.64 Å². The van der Waals surface area contributed by atoms with Crippen LogP contribution in [0.3, 0.4) is 0 Å². The molecule has 1 aliphatic heterocycles. The van der Waals surface area contributed by atoms with Gasteiger partial charge in [-0.1, -0.05) is 22.9 Å². The highest BCUT2D eigenvalue weighted by Gasteiger charge is 2.21. The van der Waals surface area contributed by atoms with Crippen LogP contribution in [0.1, 0.15) is 26.2 Å². The minimum absolute atomic E-state index is 0.779. The molecule has 0 aromatic carbocycles. The van der Waals surface area contributed by atoms with Crippen molar-refractivity contribution in [3.8, 4) is 0 Å². The molecule has 0 amide bonds. The second-order valence-electron chi connectivity index (χ2n) is 4.78. The predicted molar refractivity (Wildman–Crippen MR) is 68.6 cm³/mol. The summed E-state index contributed by atoms with van der Waals surface area (Å²) in [5.74, 6) is 1.63. The molecule has 0 saturated carbocycles. The van der Waals surface area contributed by atoms with Crippen LogP contribution in [-0.4, -0.2) is 43.6 Å². The lowest BCUT2D eigenvalue weighted by Gasteiger charge is -2.18. The van der Waals surface area contributed by atoms with Gasteiger partial charge >= 0.3 is 0 Å². The van der Waals surface area contributed by atoms with Gasteiger partial charge in [0.05, 0.1) is 6.61 Å². The van der Waals surface area contributed by atoms with Crippen molar-refractivity contribution >= 4 is 15.9 Å². The van der Waals surface area contributed by atoms with E-state index in [1.54, 1.807) is 7.11 Å². The molecular formula is C12H24BrNO. The molecule has 0 N–H and O–H groups in total. The molecule has 1 heterocycles. The number of likely N-dealkylation sites (tertiary alicyclic amines) is 1. The van der Waals surface area contributed by atoms with Gasteiger partial charge in [-0.25, -0.2) is 0 Å². The Labute approximate surface area is 102 Å². The Morgan fingerprint density at radius 3 is 2.93 bits per heavy atom. The van der Waals surface area contributed by atoms with E-state index in [0.29, 0.717) is 0 Å². The molecule has 2 atom stereocenters. The van der Waals surface area contributed by atoms with Gasteiger partial charge in [0.15, 0.2) is 0 Å². The molecule has 1 saturated heterocycles. The van der Waals surface area contributed by atoms with E-state index in [1.807, 2.05) is 0 Å². The molecule has 2 nitrogen and oxygen atoms in total. The summed E-state index contributed by atoms with van der Waals surface area (Å²) >= 11 is 3.50. The van der Waals surface area contributed by atoms with Gasteiger partial charge in [0.25, 0.3) is 0 Å². The minimum Gasteiger partial charge on any atom is -0.384 e.